The van der Waals surface area contributed by atoms with E-state index in [-0.39, 0.29) is 50.0 Å². The number of carbonyl (C=O) groups excluding carboxylic acids is 11. The van der Waals surface area contributed by atoms with Crippen molar-refractivity contribution >= 4 is 76.7 Å². The van der Waals surface area contributed by atoms with Gasteiger partial charge in [-0.1, -0.05) is 109 Å². The third kappa shape index (κ3) is 25.5. The van der Waals surface area contributed by atoms with Gasteiger partial charge >= 0.3 is 0 Å². The minimum atomic E-state index is -1.65. The van der Waals surface area contributed by atoms with Crippen molar-refractivity contribution < 1.29 is 62.6 Å². The van der Waals surface area contributed by atoms with Gasteiger partial charge in [-0.05, 0) is 134 Å². The van der Waals surface area contributed by atoms with Crippen LogP contribution >= 0.6 is 11.8 Å². The summed E-state index contributed by atoms with van der Waals surface area (Å²) >= 11 is 1.17. The van der Waals surface area contributed by atoms with E-state index in [1.807, 2.05) is 68.4 Å². The van der Waals surface area contributed by atoms with Crippen molar-refractivity contribution in [3.05, 3.63) is 12.2 Å². The summed E-state index contributed by atoms with van der Waals surface area (Å²) in [6.45, 7) is 35.7. The first kappa shape index (κ1) is 87.2. The lowest BCUT2D eigenvalue weighted by Crippen LogP contribution is -2.64. The highest BCUT2D eigenvalue weighted by molar-refractivity contribution is 8.00. The Morgan fingerprint density at radius 1 is 0.505 bits per heavy atom. The zero-order chi connectivity index (χ0) is 73.4. The van der Waals surface area contributed by atoms with Gasteiger partial charge in [0.15, 0.2) is 5.37 Å². The van der Waals surface area contributed by atoms with E-state index < -0.39 is 161 Å². The maximum atomic E-state index is 15.4. The largest absolute Gasteiger partial charge is 0.390 e. The highest BCUT2D eigenvalue weighted by Crippen LogP contribution is 2.27. The molecule has 0 aromatic heterocycles. The third-order valence-corrected chi connectivity index (χ3v) is 19.2. The van der Waals surface area contributed by atoms with Crippen molar-refractivity contribution in [1.82, 2.24) is 60.5 Å². The van der Waals surface area contributed by atoms with Gasteiger partial charge in [-0.25, -0.2) is 0 Å². The quantitative estimate of drug-likeness (QED) is 0.0698. The first-order chi connectivity index (χ1) is 44.1. The number of hydrogen-bond donors (Lipinski definition) is 5. The fourth-order valence-electron chi connectivity index (χ4n) is 11.7. The zero-order valence-electron chi connectivity index (χ0n) is 62.7. The highest BCUT2D eigenvalue weighted by atomic mass is 32.2. The monoisotopic (exact) mass is 1360 g/mol. The lowest BCUT2D eigenvalue weighted by Gasteiger charge is -2.41. The smallest absolute Gasteiger partial charge is 0.256 e. The van der Waals surface area contributed by atoms with Gasteiger partial charge in [-0.15, -0.1) is 11.8 Å². The normalized spacial score (nSPS) is 26.2. The molecule has 1 rings (SSSR count). The number of nitrogens with zero attached hydrogens (tertiary/aromatic N) is 8. The Bertz CT molecular complexity index is 2550. The second-order valence-corrected chi connectivity index (χ2v) is 29.3. The predicted molar refractivity (Wildman–Crippen MR) is 374 cm³/mol. The number of carbonyl (C=O) groups is 11. The minimum absolute atomic E-state index is 0.0106. The topological polar surface area (TPSA) is 291 Å². The van der Waals surface area contributed by atoms with Crippen molar-refractivity contribution in [1.29, 1.82) is 0 Å². The summed E-state index contributed by atoms with van der Waals surface area (Å²) in [6.07, 6.45) is 2.96. The van der Waals surface area contributed by atoms with Crippen LogP contribution in [0.25, 0.3) is 0 Å². The van der Waals surface area contributed by atoms with Gasteiger partial charge in [0, 0.05) is 49.3 Å². The highest BCUT2D eigenvalue weighted by Gasteiger charge is 2.46. The fourth-order valence-corrected chi connectivity index (χ4v) is 12.8. The number of nitrogens with one attached hydrogen (secondary N) is 4. The molecule has 1 aliphatic rings. The number of ether oxygens (including phenoxy) is 1. The van der Waals surface area contributed by atoms with Gasteiger partial charge in [-0.2, -0.15) is 0 Å². The summed E-state index contributed by atoms with van der Waals surface area (Å²) in [7, 11) is 9.98. The summed E-state index contributed by atoms with van der Waals surface area (Å²) in [5.41, 5.74) is 0. The van der Waals surface area contributed by atoms with Crippen LogP contribution in [-0.4, -0.2) is 269 Å². The Morgan fingerprint density at radius 2 is 0.968 bits per heavy atom. The van der Waals surface area contributed by atoms with E-state index in [4.69, 9.17) is 4.74 Å². The number of allylic oxidation sites excluding steroid dienone is 2. The van der Waals surface area contributed by atoms with Crippen molar-refractivity contribution in [2.75, 3.05) is 81.3 Å². The molecule has 0 aliphatic carbocycles. The van der Waals surface area contributed by atoms with Crippen LogP contribution in [0.15, 0.2) is 12.2 Å². The number of aliphatic hydroxyl groups is 1. The molecule has 0 saturated carbocycles. The molecular formula is C69H126N12O13S. The number of hydrogen-bond acceptors (Lipinski definition) is 15. The molecule has 1 fully saturated rings. The molecule has 13 atom stereocenters. The van der Waals surface area contributed by atoms with Gasteiger partial charge in [0.25, 0.3) is 5.91 Å². The standard InChI is InChI=1S/C69H126N12O13S/c1-27-31-33-46(17)57(82)56-61(86)72-49(28-2)63(88)80(26)69(95-35-32-34-81(29-3)30-4)68(93)77(23)53(39-94-45(15)16)60(85)73-54(43(11)12)66(91)74(20)50(36-40(5)6)59(84)70-47(18)58(83)71-48(19)62(87)75(21)51(37-41(7)8)64(89)76(22)52(38-42(9)10)65(90)78(24)55(44(13)14)67(92)79(56)25/h27,31,40-57,69,82H,28-30,32-39H2,1-26H3,(H,70,84)(H,71,83)(H,72,86)(H,73,85)/b31-27+/t46-,47+,48-,49+,50+,51+,52+,53+,54+,55+,56+,57-,69-/m1/s1. The summed E-state index contributed by atoms with van der Waals surface area (Å²) < 4.78 is 6.05. The Labute approximate surface area is 574 Å². The SMILES string of the molecule is C/C=C/C[C@@H](C)[C@@H](O)[C@H]1C(=O)N[C@@H](CC)C(=O)N(C)[C@H](SCCCN(CC)CC)C(=O)N(C)[C@@H](COC(C)C)C(=O)N[C@@H](C(C)C)C(=O)N(C)[C@@H](CC(C)C)C(=O)N[C@@H](C)C(=O)N[C@H](C)C(=O)N(C)[C@@H](CC(C)C)C(=O)N(C)[C@@H](CC(C)C)C(=O)N(C)[C@@H](C(C)C)C(=O)N1C. The van der Waals surface area contributed by atoms with Crippen molar-refractivity contribution in [3.63, 3.8) is 0 Å². The van der Waals surface area contributed by atoms with Crippen LogP contribution in [0.5, 0.6) is 0 Å². The maximum Gasteiger partial charge on any atom is 0.256 e. The molecule has 0 unspecified atom stereocenters. The maximum absolute atomic E-state index is 15.4. The third-order valence-electron chi connectivity index (χ3n) is 17.9. The molecule has 1 heterocycles. The fraction of sp³-hybridized carbons (Fsp3) is 0.812. The van der Waals surface area contributed by atoms with Crippen LogP contribution in [0.4, 0.5) is 0 Å². The average Bonchev–Trinajstić information content (AvgIpc) is 0.809. The Morgan fingerprint density at radius 3 is 1.44 bits per heavy atom. The lowest BCUT2D eigenvalue weighted by atomic mass is 9.91. The first-order valence-electron chi connectivity index (χ1n) is 34.4. The molecule has 5 N–H and O–H groups in total. The number of amides is 11. The van der Waals surface area contributed by atoms with Crippen molar-refractivity contribution in [3.8, 4) is 0 Å². The molecule has 26 heteroatoms. The van der Waals surface area contributed by atoms with E-state index in [0.29, 0.717) is 25.1 Å². The molecule has 11 amide bonds. The van der Waals surface area contributed by atoms with Gasteiger partial charge < -0.3 is 70.3 Å². The van der Waals surface area contributed by atoms with Gasteiger partial charge in [-0.3, -0.25) is 52.7 Å². The molecule has 1 aliphatic heterocycles. The molecule has 0 aromatic carbocycles. The van der Waals surface area contributed by atoms with Crippen LogP contribution < -0.4 is 21.3 Å². The van der Waals surface area contributed by atoms with Gasteiger partial charge in [0.2, 0.25) is 59.1 Å². The van der Waals surface area contributed by atoms with Crippen LogP contribution in [0.2, 0.25) is 0 Å². The van der Waals surface area contributed by atoms with Crippen LogP contribution in [0.1, 0.15) is 170 Å². The average molecular weight is 1360 g/mol. The van der Waals surface area contributed by atoms with Crippen LogP contribution in [0, 0.1) is 35.5 Å². The number of likely N-dealkylation sites (N-methyl/N-ethyl adjacent to an activating group) is 7. The second kappa shape index (κ2) is 41.4. The van der Waals surface area contributed by atoms with Gasteiger partial charge in [0.05, 0.1) is 18.8 Å². The second-order valence-electron chi connectivity index (χ2n) is 28.1. The number of rotatable bonds is 23. The summed E-state index contributed by atoms with van der Waals surface area (Å²) in [5, 5.41) is 22.1. The van der Waals surface area contributed by atoms with Crippen LogP contribution in [-0.2, 0) is 57.5 Å². The Kier molecular flexibility index (Phi) is 38.0. The van der Waals surface area contributed by atoms with Crippen molar-refractivity contribution in [2.45, 2.75) is 248 Å². The molecule has 1 saturated heterocycles. The number of thioether (sulfide) groups is 1. The summed E-state index contributed by atoms with van der Waals surface area (Å²) in [5.74, 6) is -9.61. The van der Waals surface area contributed by atoms with E-state index in [0.717, 1.165) is 18.0 Å². The Hall–Kier alpha value is -5.86. The van der Waals surface area contributed by atoms with Crippen LogP contribution in [0.3, 0.4) is 0 Å². The zero-order valence-corrected chi connectivity index (χ0v) is 63.6. The molecule has 0 aromatic rings. The molecule has 0 bridgehead atoms. The van der Waals surface area contributed by atoms with E-state index in [1.54, 1.807) is 61.5 Å². The molecule has 0 spiro atoms. The van der Waals surface area contributed by atoms with Crippen molar-refractivity contribution in [2.24, 2.45) is 35.5 Å². The predicted octanol–water partition coefficient (Wildman–Crippen LogP) is 4.44. The minimum Gasteiger partial charge on any atom is -0.390 e. The van der Waals surface area contributed by atoms with Gasteiger partial charge in [0.1, 0.15) is 60.4 Å². The molecular weight excluding hydrogens is 1240 g/mol. The lowest BCUT2D eigenvalue weighted by molar-refractivity contribution is -0.157. The molecule has 95 heavy (non-hydrogen) atoms. The Balaban J connectivity index is 4.57. The van der Waals surface area contributed by atoms with E-state index >= 15 is 28.8 Å². The summed E-state index contributed by atoms with van der Waals surface area (Å²) in [4.78, 5) is 175. The number of aliphatic hydroxyl groups excluding tert-OH is 1. The van der Waals surface area contributed by atoms with E-state index in [9.17, 15) is 29.1 Å². The molecule has 546 valence electrons. The molecule has 25 nitrogen and oxygen atoms in total. The molecule has 0 radical (unpaired) electrons. The first-order valence-corrected chi connectivity index (χ1v) is 35.5. The summed E-state index contributed by atoms with van der Waals surface area (Å²) in [6, 6.07) is -12.9. The van der Waals surface area contributed by atoms with E-state index in [2.05, 4.69) is 26.2 Å². The van der Waals surface area contributed by atoms with E-state index in [1.165, 1.54) is 104 Å².